The van der Waals surface area contributed by atoms with E-state index in [4.69, 9.17) is 15.0 Å². The summed E-state index contributed by atoms with van der Waals surface area (Å²) in [6.07, 6.45) is 5.64. The summed E-state index contributed by atoms with van der Waals surface area (Å²) in [6.45, 7) is 0. The average Bonchev–Trinajstić information content (AvgIpc) is 3.25. The lowest BCUT2D eigenvalue weighted by Crippen LogP contribution is -1.98. The first-order valence-electron chi connectivity index (χ1n) is 18.1. The van der Waals surface area contributed by atoms with E-state index in [1.807, 2.05) is 48.9 Å². The van der Waals surface area contributed by atoms with Crippen molar-refractivity contribution in [2.75, 3.05) is 0 Å². The molecule has 0 unspecified atom stereocenters. The van der Waals surface area contributed by atoms with E-state index in [1.54, 1.807) is 0 Å². The number of rotatable bonds is 6. The van der Waals surface area contributed by atoms with Crippen LogP contribution in [0.2, 0.25) is 0 Å². The molecule has 0 saturated carbocycles. The number of pyridine rings is 2. The van der Waals surface area contributed by atoms with Gasteiger partial charge in [-0.15, -0.1) is 0 Å². The third kappa shape index (κ3) is 5.49. The molecule has 0 radical (unpaired) electrons. The Balaban J connectivity index is 1.21. The highest BCUT2D eigenvalue weighted by Crippen LogP contribution is 2.44. The highest BCUT2D eigenvalue weighted by atomic mass is 14.9. The highest BCUT2D eigenvalue weighted by Gasteiger charge is 2.19. The molecule has 4 nitrogen and oxygen atoms in total. The minimum Gasteiger partial charge on any atom is -0.263 e. The van der Waals surface area contributed by atoms with Gasteiger partial charge in [0, 0.05) is 46.2 Å². The zero-order valence-corrected chi connectivity index (χ0v) is 29.3. The SMILES string of the molecule is c1ccc(-c2c3ccccc3c(-c3cccc(-c4nc(-c5ccccc5-c5ccccn5)cc(-c5cncc6ccccc56)n4)c3)c3ccccc23)cc1. The Hall–Kier alpha value is -7.30. The number of aromatic nitrogens is 4. The highest BCUT2D eigenvalue weighted by molar-refractivity contribution is 6.21. The first kappa shape index (κ1) is 31.4. The molecule has 0 aliphatic carbocycles. The Morgan fingerprint density at radius 2 is 0.870 bits per heavy atom. The van der Waals surface area contributed by atoms with Crippen LogP contribution >= 0.6 is 0 Å². The summed E-state index contributed by atoms with van der Waals surface area (Å²) < 4.78 is 0. The Morgan fingerprint density at radius 3 is 1.56 bits per heavy atom. The standard InChI is InChI=1S/C50H32N4/c1-2-15-33(16-3-1)48-40-23-8-10-25-42(40)49(43-26-11-9-24-41(43)48)34-18-14-19-35(29-34)50-53-46(39-22-7-6-21-38(39)45-27-12-13-28-52-45)30-47(54-50)44-32-51-31-36-17-4-5-20-37(36)44/h1-32H. The van der Waals surface area contributed by atoms with Crippen LogP contribution in [0.25, 0.3) is 99.7 Å². The first-order valence-corrected chi connectivity index (χ1v) is 18.1. The summed E-state index contributed by atoms with van der Waals surface area (Å²) >= 11 is 0. The molecule has 7 aromatic carbocycles. The summed E-state index contributed by atoms with van der Waals surface area (Å²) in [4.78, 5) is 20.0. The molecule has 10 aromatic rings. The molecule has 0 N–H and O–H groups in total. The van der Waals surface area contributed by atoms with Crippen molar-refractivity contribution in [1.29, 1.82) is 0 Å². The van der Waals surface area contributed by atoms with E-state index >= 15 is 0 Å². The van der Waals surface area contributed by atoms with Crippen LogP contribution in [0.5, 0.6) is 0 Å². The average molecular weight is 689 g/mol. The van der Waals surface area contributed by atoms with E-state index < -0.39 is 0 Å². The van der Waals surface area contributed by atoms with Crippen molar-refractivity contribution in [2.45, 2.75) is 0 Å². The van der Waals surface area contributed by atoms with E-state index in [0.29, 0.717) is 5.82 Å². The molecule has 0 amide bonds. The number of nitrogens with zero attached hydrogens (tertiary/aromatic N) is 4. The molecular weight excluding hydrogens is 657 g/mol. The maximum Gasteiger partial charge on any atom is 0.160 e. The number of fused-ring (bicyclic) bond motifs is 3. The van der Waals surface area contributed by atoms with Crippen LogP contribution < -0.4 is 0 Å². The van der Waals surface area contributed by atoms with E-state index in [2.05, 4.69) is 151 Å². The summed E-state index contributed by atoms with van der Waals surface area (Å²) in [5, 5.41) is 7.00. The quantitative estimate of drug-likeness (QED) is 0.163. The number of hydrogen-bond donors (Lipinski definition) is 0. The normalized spacial score (nSPS) is 11.3. The van der Waals surface area contributed by atoms with Crippen molar-refractivity contribution in [1.82, 2.24) is 19.9 Å². The lowest BCUT2D eigenvalue weighted by atomic mass is 9.85. The van der Waals surface area contributed by atoms with Crippen LogP contribution in [-0.4, -0.2) is 19.9 Å². The molecule has 0 bridgehead atoms. The van der Waals surface area contributed by atoms with Crippen LogP contribution in [0.3, 0.4) is 0 Å². The Labute approximate surface area is 313 Å². The van der Waals surface area contributed by atoms with Crippen molar-refractivity contribution in [3.05, 3.63) is 195 Å². The zero-order chi connectivity index (χ0) is 35.8. The third-order valence-electron chi connectivity index (χ3n) is 10.2. The zero-order valence-electron chi connectivity index (χ0n) is 29.3. The minimum absolute atomic E-state index is 0.641. The van der Waals surface area contributed by atoms with Crippen molar-refractivity contribution in [3.8, 4) is 67.4 Å². The van der Waals surface area contributed by atoms with Crippen molar-refractivity contribution < 1.29 is 0 Å². The topological polar surface area (TPSA) is 51.6 Å². The van der Waals surface area contributed by atoms with Gasteiger partial charge in [-0.3, -0.25) is 9.97 Å². The van der Waals surface area contributed by atoms with Crippen molar-refractivity contribution >= 4 is 32.3 Å². The fraction of sp³-hybridized carbons (Fsp3) is 0. The molecule has 0 fully saturated rings. The monoisotopic (exact) mass is 688 g/mol. The second-order valence-corrected chi connectivity index (χ2v) is 13.4. The molecule has 0 saturated heterocycles. The van der Waals surface area contributed by atoms with Crippen LogP contribution in [0.4, 0.5) is 0 Å². The predicted octanol–water partition coefficient (Wildman–Crippen LogP) is 12.7. The molecule has 3 aromatic heterocycles. The fourth-order valence-corrected chi connectivity index (χ4v) is 7.79. The molecule has 0 spiro atoms. The van der Waals surface area contributed by atoms with Crippen LogP contribution in [0.1, 0.15) is 0 Å². The van der Waals surface area contributed by atoms with Gasteiger partial charge in [0.15, 0.2) is 5.82 Å². The first-order chi connectivity index (χ1) is 26.8. The smallest absolute Gasteiger partial charge is 0.160 e. The molecule has 0 aliphatic rings. The van der Waals surface area contributed by atoms with E-state index in [9.17, 15) is 0 Å². The maximum absolute atomic E-state index is 5.32. The summed E-state index contributed by atoms with van der Waals surface area (Å²) in [7, 11) is 0. The fourth-order valence-electron chi connectivity index (χ4n) is 7.79. The largest absolute Gasteiger partial charge is 0.263 e. The number of benzene rings is 7. The van der Waals surface area contributed by atoms with Gasteiger partial charge < -0.3 is 0 Å². The van der Waals surface area contributed by atoms with E-state index in [0.717, 1.165) is 55.7 Å². The molecule has 0 aliphatic heterocycles. The van der Waals surface area contributed by atoms with Gasteiger partial charge in [0.05, 0.1) is 17.1 Å². The minimum atomic E-state index is 0.641. The lowest BCUT2D eigenvalue weighted by molar-refractivity contribution is 1.18. The van der Waals surface area contributed by atoms with E-state index in [1.165, 1.54) is 38.2 Å². The van der Waals surface area contributed by atoms with Gasteiger partial charge in [0.1, 0.15) is 0 Å². The van der Waals surface area contributed by atoms with Crippen LogP contribution in [-0.2, 0) is 0 Å². The summed E-state index contributed by atoms with van der Waals surface area (Å²) in [5.41, 5.74) is 11.2. The van der Waals surface area contributed by atoms with E-state index in [-0.39, 0.29) is 0 Å². The number of hydrogen-bond acceptors (Lipinski definition) is 4. The third-order valence-corrected chi connectivity index (χ3v) is 10.2. The second-order valence-electron chi connectivity index (χ2n) is 13.4. The molecule has 10 rings (SSSR count). The van der Waals surface area contributed by atoms with Crippen LogP contribution in [0, 0.1) is 0 Å². The maximum atomic E-state index is 5.32. The predicted molar refractivity (Wildman–Crippen MR) is 223 cm³/mol. The van der Waals surface area contributed by atoms with Gasteiger partial charge in [-0.2, -0.15) is 0 Å². The van der Waals surface area contributed by atoms with Gasteiger partial charge in [0.25, 0.3) is 0 Å². The van der Waals surface area contributed by atoms with Crippen molar-refractivity contribution in [3.63, 3.8) is 0 Å². The Bertz CT molecular complexity index is 2930. The molecule has 252 valence electrons. The van der Waals surface area contributed by atoms with Gasteiger partial charge >= 0.3 is 0 Å². The van der Waals surface area contributed by atoms with Gasteiger partial charge in [0.2, 0.25) is 0 Å². The second kappa shape index (κ2) is 13.4. The Kier molecular flexibility index (Phi) is 7.77. The van der Waals surface area contributed by atoms with Crippen LogP contribution in [0.15, 0.2) is 195 Å². The summed E-state index contributed by atoms with van der Waals surface area (Å²) in [6, 6.07) is 61.6. The van der Waals surface area contributed by atoms with Gasteiger partial charge in [-0.05, 0) is 73.5 Å². The van der Waals surface area contributed by atoms with Crippen molar-refractivity contribution in [2.24, 2.45) is 0 Å². The molecule has 4 heteroatoms. The van der Waals surface area contributed by atoms with Gasteiger partial charge in [-0.1, -0.05) is 152 Å². The molecule has 54 heavy (non-hydrogen) atoms. The van der Waals surface area contributed by atoms with Gasteiger partial charge in [-0.25, -0.2) is 9.97 Å². The molecular formula is C50H32N4. The lowest BCUT2D eigenvalue weighted by Gasteiger charge is -2.18. The molecule has 0 atom stereocenters. The molecule has 3 heterocycles. The Morgan fingerprint density at radius 1 is 0.333 bits per heavy atom. The summed E-state index contributed by atoms with van der Waals surface area (Å²) in [5.74, 6) is 0.641.